The molecule has 1 heterocycles. The fraction of sp³-hybridized carbons (Fsp3) is 0.381. The molecule has 3 rings (SSSR count). The van der Waals surface area contributed by atoms with E-state index in [9.17, 15) is 4.79 Å². The van der Waals surface area contributed by atoms with Crippen LogP contribution in [-0.2, 0) is 6.42 Å². The maximum absolute atomic E-state index is 12.7. The molecule has 1 fully saturated rings. The van der Waals surface area contributed by atoms with Crippen LogP contribution in [0, 0.1) is 0 Å². The van der Waals surface area contributed by atoms with E-state index >= 15 is 0 Å². The summed E-state index contributed by atoms with van der Waals surface area (Å²) in [6.45, 7) is 4.61. The highest BCUT2D eigenvalue weighted by atomic mass is 32.2. The minimum absolute atomic E-state index is 0.00929. The molecule has 1 saturated heterocycles. The van der Waals surface area contributed by atoms with E-state index in [0.717, 1.165) is 56.1 Å². The molecular weight excluding hydrogens is 342 g/mol. The molecule has 2 aromatic rings. The van der Waals surface area contributed by atoms with Gasteiger partial charge in [-0.1, -0.05) is 48.5 Å². The van der Waals surface area contributed by atoms with Gasteiger partial charge in [0.2, 0.25) is 0 Å². The molecule has 0 radical (unpaired) electrons. The largest absolute Gasteiger partial charge is 0.322 e. The van der Waals surface area contributed by atoms with Gasteiger partial charge in [0.25, 0.3) is 0 Å². The van der Waals surface area contributed by atoms with Gasteiger partial charge in [-0.15, -0.1) is 0 Å². The Morgan fingerprint density at radius 3 is 2.42 bits per heavy atom. The first-order valence-electron chi connectivity index (χ1n) is 9.15. The molecule has 0 spiro atoms. The fourth-order valence-corrected chi connectivity index (χ4v) is 3.64. The normalized spacial score (nSPS) is 15.0. The lowest BCUT2D eigenvalue weighted by Gasteiger charge is -2.34. The van der Waals surface area contributed by atoms with Gasteiger partial charge < -0.3 is 10.2 Å². The molecular formula is C21H27N3OS. The number of hydrogen-bond donors (Lipinski definition) is 1. The van der Waals surface area contributed by atoms with Crippen molar-refractivity contribution in [2.45, 2.75) is 6.42 Å². The first-order valence-corrected chi connectivity index (χ1v) is 10.5. The lowest BCUT2D eigenvalue weighted by Crippen LogP contribution is -2.50. The number of carbonyl (C=O) groups excluding carboxylic acids is 1. The smallest absolute Gasteiger partial charge is 0.321 e. The van der Waals surface area contributed by atoms with Crippen molar-refractivity contribution < 1.29 is 4.79 Å². The number of hydrogen-bond acceptors (Lipinski definition) is 3. The van der Waals surface area contributed by atoms with E-state index in [1.807, 2.05) is 53.1 Å². The quantitative estimate of drug-likeness (QED) is 0.841. The molecule has 1 aliphatic rings. The summed E-state index contributed by atoms with van der Waals surface area (Å²) in [5.41, 5.74) is 3.30. The Hall–Kier alpha value is -1.98. The molecule has 0 aliphatic carbocycles. The summed E-state index contributed by atoms with van der Waals surface area (Å²) in [6.07, 6.45) is 2.95. The number of amides is 2. The average molecular weight is 370 g/mol. The van der Waals surface area contributed by atoms with Gasteiger partial charge in [-0.2, -0.15) is 11.8 Å². The van der Waals surface area contributed by atoms with Crippen molar-refractivity contribution in [3.63, 3.8) is 0 Å². The van der Waals surface area contributed by atoms with Gasteiger partial charge in [-0.25, -0.2) is 4.79 Å². The van der Waals surface area contributed by atoms with Crippen molar-refractivity contribution in [1.29, 1.82) is 0 Å². The first-order chi connectivity index (χ1) is 12.8. The van der Waals surface area contributed by atoms with Crippen molar-refractivity contribution in [2.24, 2.45) is 0 Å². The van der Waals surface area contributed by atoms with Gasteiger partial charge in [0.05, 0.1) is 0 Å². The highest BCUT2D eigenvalue weighted by molar-refractivity contribution is 7.98. The summed E-state index contributed by atoms with van der Waals surface area (Å²) in [7, 11) is 0. The van der Waals surface area contributed by atoms with Crippen molar-refractivity contribution in [3.05, 3.63) is 65.7 Å². The minimum atomic E-state index is 0.00929. The number of carbonyl (C=O) groups is 1. The zero-order valence-corrected chi connectivity index (χ0v) is 16.2. The number of thioether (sulfide) groups is 1. The van der Waals surface area contributed by atoms with Gasteiger partial charge >= 0.3 is 6.03 Å². The highest BCUT2D eigenvalue weighted by Gasteiger charge is 2.21. The Morgan fingerprint density at radius 1 is 1.00 bits per heavy atom. The second kappa shape index (κ2) is 9.64. The van der Waals surface area contributed by atoms with Crippen molar-refractivity contribution in [1.82, 2.24) is 9.80 Å². The number of piperazine rings is 1. The molecule has 1 aliphatic heterocycles. The van der Waals surface area contributed by atoms with Crippen LogP contribution in [0.25, 0.3) is 0 Å². The van der Waals surface area contributed by atoms with Crippen LogP contribution < -0.4 is 5.32 Å². The second-order valence-corrected chi connectivity index (χ2v) is 7.56. The number of rotatable bonds is 6. The molecule has 0 unspecified atom stereocenters. The topological polar surface area (TPSA) is 35.6 Å². The number of para-hydroxylation sites is 1. The molecule has 0 atom stereocenters. The lowest BCUT2D eigenvalue weighted by atomic mass is 10.0. The van der Waals surface area contributed by atoms with Gasteiger partial charge in [-0.05, 0) is 29.9 Å². The van der Waals surface area contributed by atoms with Crippen LogP contribution in [0.4, 0.5) is 10.5 Å². The summed E-state index contributed by atoms with van der Waals surface area (Å²) < 4.78 is 0. The lowest BCUT2D eigenvalue weighted by molar-refractivity contribution is 0.152. The number of anilines is 1. The molecule has 26 heavy (non-hydrogen) atoms. The molecule has 0 saturated carbocycles. The first kappa shape index (κ1) is 18.8. The minimum Gasteiger partial charge on any atom is -0.322 e. The van der Waals surface area contributed by atoms with E-state index in [2.05, 4.69) is 34.7 Å². The highest BCUT2D eigenvalue weighted by Crippen LogP contribution is 2.20. The van der Waals surface area contributed by atoms with Crippen molar-refractivity contribution in [2.75, 3.05) is 50.0 Å². The zero-order chi connectivity index (χ0) is 18.2. The summed E-state index contributed by atoms with van der Waals surface area (Å²) in [5, 5.41) is 3.12. The molecule has 138 valence electrons. The Kier molecular flexibility index (Phi) is 6.97. The van der Waals surface area contributed by atoms with Crippen LogP contribution in [0.2, 0.25) is 0 Å². The standard InChI is InChI=1S/C21H27N3OS/c1-26-16-15-23-11-13-24(14-12-23)21(25)22-20-10-6-5-9-19(20)17-18-7-3-2-4-8-18/h2-10H,11-17H2,1H3,(H,22,25). The van der Waals surface area contributed by atoms with Crippen molar-refractivity contribution >= 4 is 23.5 Å². The van der Waals surface area contributed by atoms with Crippen LogP contribution in [0.5, 0.6) is 0 Å². The van der Waals surface area contributed by atoms with E-state index in [1.165, 1.54) is 5.56 Å². The number of urea groups is 1. The van der Waals surface area contributed by atoms with Crippen LogP contribution in [0.15, 0.2) is 54.6 Å². The summed E-state index contributed by atoms with van der Waals surface area (Å²) in [5.74, 6) is 1.15. The van der Waals surface area contributed by atoms with E-state index in [0.29, 0.717) is 0 Å². The van der Waals surface area contributed by atoms with Gasteiger partial charge in [0.15, 0.2) is 0 Å². The van der Waals surface area contributed by atoms with Gasteiger partial charge in [0, 0.05) is 44.2 Å². The zero-order valence-electron chi connectivity index (χ0n) is 15.4. The van der Waals surface area contributed by atoms with Gasteiger partial charge in [-0.3, -0.25) is 4.90 Å². The molecule has 1 N–H and O–H groups in total. The van der Waals surface area contributed by atoms with Gasteiger partial charge in [0.1, 0.15) is 0 Å². The second-order valence-electron chi connectivity index (χ2n) is 6.57. The molecule has 2 amide bonds. The Balaban J connectivity index is 1.58. The third kappa shape index (κ3) is 5.26. The van der Waals surface area contributed by atoms with Crippen LogP contribution in [0.1, 0.15) is 11.1 Å². The maximum atomic E-state index is 12.7. The number of nitrogens with zero attached hydrogens (tertiary/aromatic N) is 2. The maximum Gasteiger partial charge on any atom is 0.321 e. The van der Waals surface area contributed by atoms with E-state index in [-0.39, 0.29) is 6.03 Å². The molecule has 2 aromatic carbocycles. The number of nitrogens with one attached hydrogen (secondary N) is 1. The summed E-state index contributed by atoms with van der Waals surface area (Å²) >= 11 is 1.87. The monoisotopic (exact) mass is 369 g/mol. The van der Waals surface area contributed by atoms with Crippen LogP contribution in [0.3, 0.4) is 0 Å². The fourth-order valence-electron chi connectivity index (χ4n) is 3.20. The van der Waals surface area contributed by atoms with Crippen LogP contribution in [-0.4, -0.2) is 60.6 Å². The van der Waals surface area contributed by atoms with Crippen molar-refractivity contribution in [3.8, 4) is 0 Å². The molecule has 5 heteroatoms. The predicted molar refractivity (Wildman–Crippen MR) is 111 cm³/mol. The Bertz CT molecular complexity index is 699. The SMILES string of the molecule is CSCCN1CCN(C(=O)Nc2ccccc2Cc2ccccc2)CC1. The predicted octanol–water partition coefficient (Wildman–Crippen LogP) is 3.79. The molecule has 4 nitrogen and oxygen atoms in total. The van der Waals surface area contributed by atoms with Crippen LogP contribution >= 0.6 is 11.8 Å². The molecule has 0 bridgehead atoms. The summed E-state index contributed by atoms with van der Waals surface area (Å²) in [4.78, 5) is 17.0. The van der Waals surface area contributed by atoms with E-state index in [4.69, 9.17) is 0 Å². The Labute approximate surface area is 160 Å². The Morgan fingerprint density at radius 2 is 1.69 bits per heavy atom. The van der Waals surface area contributed by atoms with E-state index < -0.39 is 0 Å². The third-order valence-corrected chi connectivity index (χ3v) is 5.36. The average Bonchev–Trinajstić information content (AvgIpc) is 2.69. The van der Waals surface area contributed by atoms with E-state index in [1.54, 1.807) is 0 Å². The summed E-state index contributed by atoms with van der Waals surface area (Å²) in [6, 6.07) is 18.4. The third-order valence-electron chi connectivity index (χ3n) is 4.77. The molecule has 0 aromatic heterocycles. The number of benzene rings is 2.